The quantitative estimate of drug-likeness (QED) is 0.829. The molecule has 1 atom stereocenters. The van der Waals surface area contributed by atoms with Gasteiger partial charge in [0, 0.05) is 37.6 Å². The topological polar surface area (TPSA) is 29.5 Å². The summed E-state index contributed by atoms with van der Waals surface area (Å²) in [4.78, 5) is 14.4. The molecular formula is C17H23NO2. The van der Waals surface area contributed by atoms with Crippen molar-refractivity contribution in [1.82, 2.24) is 4.90 Å². The molecule has 2 heterocycles. The minimum atomic E-state index is 0.0907. The molecule has 2 saturated heterocycles. The van der Waals surface area contributed by atoms with Crippen LogP contribution in [0, 0.1) is 0 Å². The van der Waals surface area contributed by atoms with E-state index >= 15 is 0 Å². The molecule has 0 saturated carbocycles. The summed E-state index contributed by atoms with van der Waals surface area (Å²) in [6, 6.07) is 11.0. The predicted molar refractivity (Wildman–Crippen MR) is 78.6 cm³/mol. The largest absolute Gasteiger partial charge is 0.381 e. The summed E-state index contributed by atoms with van der Waals surface area (Å²) < 4.78 is 5.42. The zero-order chi connectivity index (χ0) is 14.0. The first-order valence-corrected chi connectivity index (χ1v) is 7.62. The van der Waals surface area contributed by atoms with Gasteiger partial charge in [0.2, 0.25) is 5.91 Å². The van der Waals surface area contributed by atoms with Gasteiger partial charge < -0.3 is 9.64 Å². The smallest absolute Gasteiger partial charge is 0.222 e. The van der Waals surface area contributed by atoms with Gasteiger partial charge in [-0.2, -0.15) is 0 Å². The molecular weight excluding hydrogens is 250 g/mol. The molecule has 20 heavy (non-hydrogen) atoms. The first-order chi connectivity index (χ1) is 9.69. The Bertz CT molecular complexity index is 467. The van der Waals surface area contributed by atoms with E-state index in [0.717, 1.165) is 39.0 Å². The summed E-state index contributed by atoms with van der Waals surface area (Å²) in [7, 11) is 0. The molecule has 1 unspecified atom stereocenters. The molecule has 0 N–H and O–H groups in total. The number of rotatable bonds is 2. The van der Waals surface area contributed by atoms with Crippen molar-refractivity contribution < 1.29 is 9.53 Å². The third kappa shape index (κ3) is 2.59. The minimum absolute atomic E-state index is 0.0907. The Morgan fingerprint density at radius 1 is 1.20 bits per heavy atom. The number of ether oxygens (including phenoxy) is 1. The number of hydrogen-bond acceptors (Lipinski definition) is 2. The van der Waals surface area contributed by atoms with Crippen molar-refractivity contribution in [1.29, 1.82) is 0 Å². The van der Waals surface area contributed by atoms with Crippen molar-refractivity contribution in [3.63, 3.8) is 0 Å². The number of hydrogen-bond donors (Lipinski definition) is 0. The Kier molecular flexibility index (Phi) is 3.79. The number of amides is 1. The third-order valence-electron chi connectivity index (χ3n) is 4.83. The highest BCUT2D eigenvalue weighted by Gasteiger charge is 2.39. The van der Waals surface area contributed by atoms with Crippen LogP contribution in [0.25, 0.3) is 0 Å². The van der Waals surface area contributed by atoms with E-state index in [0.29, 0.717) is 18.4 Å². The van der Waals surface area contributed by atoms with Crippen LogP contribution in [-0.4, -0.2) is 36.6 Å². The van der Waals surface area contributed by atoms with Crippen molar-refractivity contribution in [2.45, 2.75) is 44.1 Å². The first-order valence-electron chi connectivity index (χ1n) is 7.62. The van der Waals surface area contributed by atoms with Gasteiger partial charge in [-0.3, -0.25) is 4.79 Å². The number of carbonyl (C=O) groups is 1. The highest BCUT2D eigenvalue weighted by atomic mass is 16.5. The average molecular weight is 273 g/mol. The normalized spacial score (nSPS) is 28.6. The average Bonchev–Trinajstić information content (AvgIpc) is 2.52. The van der Waals surface area contributed by atoms with Crippen LogP contribution < -0.4 is 0 Å². The lowest BCUT2D eigenvalue weighted by Gasteiger charge is -2.45. The van der Waals surface area contributed by atoms with Gasteiger partial charge in [-0.05, 0) is 24.8 Å². The highest BCUT2D eigenvalue weighted by Crippen LogP contribution is 2.35. The molecule has 3 heteroatoms. The molecule has 1 aromatic carbocycles. The fourth-order valence-electron chi connectivity index (χ4n) is 3.48. The molecule has 0 bridgehead atoms. The van der Waals surface area contributed by atoms with E-state index in [1.165, 1.54) is 5.56 Å². The fraction of sp³-hybridized carbons (Fsp3) is 0.588. The lowest BCUT2D eigenvalue weighted by molar-refractivity contribution is -0.140. The summed E-state index contributed by atoms with van der Waals surface area (Å²) in [5, 5.41) is 0. The standard InChI is InChI=1S/C17H23NO2/c1-17(14-5-3-2-4-6-14)10-7-16(19)18(13-17)15-8-11-20-12-9-15/h2-6,15H,7-13H2,1H3. The van der Waals surface area contributed by atoms with Crippen LogP contribution in [0.15, 0.2) is 30.3 Å². The number of likely N-dealkylation sites (tertiary alicyclic amines) is 1. The highest BCUT2D eigenvalue weighted by molar-refractivity contribution is 5.78. The Balaban J connectivity index is 1.80. The second-order valence-corrected chi connectivity index (χ2v) is 6.29. The number of piperidine rings is 1. The molecule has 3 rings (SSSR count). The number of benzene rings is 1. The summed E-state index contributed by atoms with van der Waals surface area (Å²) in [5.74, 6) is 0.324. The predicted octanol–water partition coefficient (Wildman–Crippen LogP) is 2.75. The van der Waals surface area contributed by atoms with Crippen molar-refractivity contribution in [2.75, 3.05) is 19.8 Å². The lowest BCUT2D eigenvalue weighted by atomic mass is 9.75. The second-order valence-electron chi connectivity index (χ2n) is 6.29. The van der Waals surface area contributed by atoms with E-state index in [4.69, 9.17) is 4.74 Å². The Hall–Kier alpha value is -1.35. The number of nitrogens with zero attached hydrogens (tertiary/aromatic N) is 1. The molecule has 3 nitrogen and oxygen atoms in total. The van der Waals surface area contributed by atoms with Crippen molar-refractivity contribution in [3.05, 3.63) is 35.9 Å². The maximum absolute atomic E-state index is 12.3. The maximum atomic E-state index is 12.3. The summed E-state index contributed by atoms with van der Waals surface area (Å²) >= 11 is 0. The molecule has 2 aliphatic heterocycles. The van der Waals surface area contributed by atoms with Crippen LogP contribution in [0.1, 0.15) is 38.2 Å². The van der Waals surface area contributed by atoms with Crippen molar-refractivity contribution >= 4 is 5.91 Å². The van der Waals surface area contributed by atoms with Crippen LogP contribution in [0.2, 0.25) is 0 Å². The van der Waals surface area contributed by atoms with Crippen LogP contribution in [0.3, 0.4) is 0 Å². The van der Waals surface area contributed by atoms with Crippen LogP contribution in [0.5, 0.6) is 0 Å². The van der Waals surface area contributed by atoms with Crippen LogP contribution >= 0.6 is 0 Å². The van der Waals surface area contributed by atoms with Crippen LogP contribution in [0.4, 0.5) is 0 Å². The van der Waals surface area contributed by atoms with Gasteiger partial charge in [-0.25, -0.2) is 0 Å². The Labute approximate surface area is 120 Å². The zero-order valence-electron chi connectivity index (χ0n) is 12.2. The van der Waals surface area contributed by atoms with E-state index in [2.05, 4.69) is 42.2 Å². The van der Waals surface area contributed by atoms with E-state index in [1.807, 2.05) is 0 Å². The lowest BCUT2D eigenvalue weighted by Crippen LogP contribution is -2.53. The van der Waals surface area contributed by atoms with Crippen LogP contribution in [-0.2, 0) is 14.9 Å². The van der Waals surface area contributed by atoms with E-state index in [-0.39, 0.29) is 5.41 Å². The van der Waals surface area contributed by atoms with Crippen molar-refractivity contribution in [3.8, 4) is 0 Å². The molecule has 108 valence electrons. The summed E-state index contributed by atoms with van der Waals surface area (Å²) in [6.45, 7) is 4.72. The van der Waals surface area contributed by atoms with Gasteiger partial charge in [0.1, 0.15) is 0 Å². The fourth-order valence-corrected chi connectivity index (χ4v) is 3.48. The zero-order valence-corrected chi connectivity index (χ0v) is 12.2. The number of carbonyl (C=O) groups excluding carboxylic acids is 1. The van der Waals surface area contributed by atoms with Gasteiger partial charge >= 0.3 is 0 Å². The monoisotopic (exact) mass is 273 g/mol. The van der Waals surface area contributed by atoms with E-state index in [9.17, 15) is 4.79 Å². The molecule has 0 radical (unpaired) electrons. The van der Waals surface area contributed by atoms with Gasteiger partial charge in [0.15, 0.2) is 0 Å². The molecule has 0 spiro atoms. The molecule has 0 aliphatic carbocycles. The Morgan fingerprint density at radius 3 is 2.60 bits per heavy atom. The molecule has 1 amide bonds. The van der Waals surface area contributed by atoms with Gasteiger partial charge in [0.25, 0.3) is 0 Å². The van der Waals surface area contributed by atoms with E-state index in [1.54, 1.807) is 0 Å². The molecule has 0 aromatic heterocycles. The molecule has 2 aliphatic rings. The van der Waals surface area contributed by atoms with Gasteiger partial charge in [-0.1, -0.05) is 37.3 Å². The minimum Gasteiger partial charge on any atom is -0.381 e. The maximum Gasteiger partial charge on any atom is 0.222 e. The first kappa shape index (κ1) is 13.6. The SMILES string of the molecule is CC1(c2ccccc2)CCC(=O)N(C2CCOCC2)C1. The summed E-state index contributed by atoms with van der Waals surface area (Å²) in [6.07, 6.45) is 3.59. The molecule has 1 aromatic rings. The van der Waals surface area contributed by atoms with E-state index < -0.39 is 0 Å². The summed E-state index contributed by atoms with van der Waals surface area (Å²) in [5.41, 5.74) is 1.44. The second kappa shape index (κ2) is 5.57. The molecule has 2 fully saturated rings. The van der Waals surface area contributed by atoms with Gasteiger partial charge in [0.05, 0.1) is 0 Å². The Morgan fingerprint density at radius 2 is 1.90 bits per heavy atom. The van der Waals surface area contributed by atoms with Gasteiger partial charge in [-0.15, -0.1) is 0 Å². The third-order valence-corrected chi connectivity index (χ3v) is 4.83. The van der Waals surface area contributed by atoms with Crippen molar-refractivity contribution in [2.24, 2.45) is 0 Å².